The van der Waals surface area contributed by atoms with Crippen molar-refractivity contribution in [3.63, 3.8) is 0 Å². The number of fused-ring (bicyclic) bond motifs is 1. The predicted octanol–water partition coefficient (Wildman–Crippen LogP) is 2.81. The van der Waals surface area contributed by atoms with E-state index in [1.165, 1.54) is 4.90 Å². The van der Waals surface area contributed by atoms with Crippen LogP contribution in [0.3, 0.4) is 0 Å². The summed E-state index contributed by atoms with van der Waals surface area (Å²) in [5.41, 5.74) is -0.534. The molecule has 0 saturated carbocycles. The number of rotatable bonds is 7. The van der Waals surface area contributed by atoms with Crippen molar-refractivity contribution in [1.29, 1.82) is 0 Å². The van der Waals surface area contributed by atoms with E-state index in [4.69, 9.17) is 0 Å². The molecule has 1 N–H and O–H groups in total. The van der Waals surface area contributed by atoms with Crippen molar-refractivity contribution in [3.05, 3.63) is 73.3 Å². The van der Waals surface area contributed by atoms with Gasteiger partial charge in [-0.05, 0) is 23.3 Å². The highest BCUT2D eigenvalue weighted by atomic mass is 16.2. The third-order valence-electron chi connectivity index (χ3n) is 4.95. The highest BCUT2D eigenvalue weighted by Gasteiger charge is 2.50. The zero-order valence-corrected chi connectivity index (χ0v) is 15.9. The highest BCUT2D eigenvalue weighted by Crippen LogP contribution is 2.33. The monoisotopic (exact) mass is 377 g/mol. The Labute approximate surface area is 164 Å². The SMILES string of the molecule is C=CCN(CC=C)C(=O)CN1C(=O)N[C@](C)(c2cccc3ccccc23)C1=O. The van der Waals surface area contributed by atoms with E-state index in [9.17, 15) is 14.4 Å². The number of carbonyl (C=O) groups is 3. The molecule has 1 aliphatic rings. The second-order valence-electron chi connectivity index (χ2n) is 6.85. The van der Waals surface area contributed by atoms with Crippen molar-refractivity contribution in [3.8, 4) is 0 Å². The molecule has 1 saturated heterocycles. The van der Waals surface area contributed by atoms with Gasteiger partial charge in [0.2, 0.25) is 5.91 Å². The summed E-state index contributed by atoms with van der Waals surface area (Å²) in [7, 11) is 0. The minimum absolute atomic E-state index is 0.315. The summed E-state index contributed by atoms with van der Waals surface area (Å²) >= 11 is 0. The molecule has 28 heavy (non-hydrogen) atoms. The van der Waals surface area contributed by atoms with E-state index < -0.39 is 17.5 Å². The smallest absolute Gasteiger partial charge is 0.325 e. The first-order valence-corrected chi connectivity index (χ1v) is 9.04. The fourth-order valence-electron chi connectivity index (χ4n) is 3.51. The molecule has 1 heterocycles. The van der Waals surface area contributed by atoms with Crippen molar-refractivity contribution >= 4 is 28.6 Å². The number of hydrogen-bond acceptors (Lipinski definition) is 3. The lowest BCUT2D eigenvalue weighted by atomic mass is 9.88. The van der Waals surface area contributed by atoms with Crippen LogP contribution in [0.4, 0.5) is 4.79 Å². The lowest BCUT2D eigenvalue weighted by Crippen LogP contribution is -2.44. The molecule has 0 bridgehead atoms. The second kappa shape index (κ2) is 7.68. The van der Waals surface area contributed by atoms with Gasteiger partial charge in [0.15, 0.2) is 0 Å². The van der Waals surface area contributed by atoms with Gasteiger partial charge in [-0.15, -0.1) is 13.2 Å². The van der Waals surface area contributed by atoms with Crippen molar-refractivity contribution in [2.45, 2.75) is 12.5 Å². The molecule has 0 radical (unpaired) electrons. The average Bonchev–Trinajstić information content (AvgIpc) is 2.91. The summed E-state index contributed by atoms with van der Waals surface area (Å²) in [6.45, 7) is 9.23. The molecule has 0 unspecified atom stereocenters. The molecule has 0 spiro atoms. The van der Waals surface area contributed by atoms with Crippen LogP contribution in [0.1, 0.15) is 12.5 Å². The Morgan fingerprint density at radius 3 is 2.43 bits per heavy atom. The van der Waals surface area contributed by atoms with Crippen LogP contribution in [-0.4, -0.2) is 47.3 Å². The number of urea groups is 1. The van der Waals surface area contributed by atoms with Gasteiger partial charge in [-0.2, -0.15) is 0 Å². The zero-order chi connectivity index (χ0) is 20.3. The van der Waals surface area contributed by atoms with Crippen LogP contribution in [0, 0.1) is 0 Å². The van der Waals surface area contributed by atoms with Crippen LogP contribution in [-0.2, 0) is 15.1 Å². The number of hydrogen-bond donors (Lipinski definition) is 1. The maximum atomic E-state index is 13.2. The third-order valence-corrected chi connectivity index (χ3v) is 4.95. The van der Waals surface area contributed by atoms with Crippen molar-refractivity contribution in [1.82, 2.24) is 15.1 Å². The number of carbonyl (C=O) groups excluding carboxylic acids is 3. The van der Waals surface area contributed by atoms with Crippen molar-refractivity contribution in [2.24, 2.45) is 0 Å². The van der Waals surface area contributed by atoms with E-state index in [-0.39, 0.29) is 12.5 Å². The predicted molar refractivity (Wildman–Crippen MR) is 109 cm³/mol. The van der Waals surface area contributed by atoms with Gasteiger partial charge in [0.05, 0.1) is 0 Å². The summed E-state index contributed by atoms with van der Waals surface area (Å²) in [5, 5.41) is 4.63. The number of benzene rings is 2. The number of nitrogens with one attached hydrogen (secondary N) is 1. The summed E-state index contributed by atoms with van der Waals surface area (Å²) < 4.78 is 0. The van der Waals surface area contributed by atoms with Gasteiger partial charge in [0, 0.05) is 13.1 Å². The minimum Gasteiger partial charge on any atom is -0.334 e. The van der Waals surface area contributed by atoms with Crippen LogP contribution in [0.5, 0.6) is 0 Å². The van der Waals surface area contributed by atoms with E-state index >= 15 is 0 Å². The van der Waals surface area contributed by atoms with Gasteiger partial charge in [-0.25, -0.2) is 4.79 Å². The van der Waals surface area contributed by atoms with Crippen LogP contribution in [0.15, 0.2) is 67.8 Å². The Balaban J connectivity index is 1.91. The first kappa shape index (κ1) is 19.4. The molecular formula is C22H23N3O3. The number of imide groups is 1. The Bertz CT molecular complexity index is 953. The summed E-state index contributed by atoms with van der Waals surface area (Å²) in [6.07, 6.45) is 3.18. The molecule has 1 fully saturated rings. The Kier molecular flexibility index (Phi) is 5.31. The number of nitrogens with zero attached hydrogens (tertiary/aromatic N) is 2. The molecule has 144 valence electrons. The van der Waals surface area contributed by atoms with Crippen molar-refractivity contribution < 1.29 is 14.4 Å². The molecular weight excluding hydrogens is 354 g/mol. The lowest BCUT2D eigenvalue weighted by Gasteiger charge is -2.25. The first-order chi connectivity index (χ1) is 13.4. The fourth-order valence-corrected chi connectivity index (χ4v) is 3.51. The van der Waals surface area contributed by atoms with Crippen LogP contribution in [0.25, 0.3) is 10.8 Å². The third kappa shape index (κ3) is 3.29. The van der Waals surface area contributed by atoms with Crippen LogP contribution < -0.4 is 5.32 Å². The molecule has 2 aromatic rings. The maximum absolute atomic E-state index is 13.2. The van der Waals surface area contributed by atoms with E-state index in [1.54, 1.807) is 19.1 Å². The fraction of sp³-hybridized carbons (Fsp3) is 0.227. The van der Waals surface area contributed by atoms with Crippen LogP contribution in [0.2, 0.25) is 0 Å². The topological polar surface area (TPSA) is 69.7 Å². The summed E-state index contributed by atoms with van der Waals surface area (Å²) in [5.74, 6) is -0.787. The second-order valence-corrected chi connectivity index (χ2v) is 6.85. The molecule has 2 aromatic carbocycles. The lowest BCUT2D eigenvalue weighted by molar-refractivity contribution is -0.138. The zero-order valence-electron chi connectivity index (χ0n) is 15.9. The van der Waals surface area contributed by atoms with E-state index in [0.717, 1.165) is 15.7 Å². The van der Waals surface area contributed by atoms with Crippen molar-refractivity contribution in [2.75, 3.05) is 19.6 Å². The average molecular weight is 377 g/mol. The molecule has 6 heteroatoms. The quantitative estimate of drug-likeness (QED) is 0.596. The standard InChI is InChI=1S/C22H23N3O3/c1-4-13-24(14-5-2)19(26)15-25-20(27)22(3,23-21(25)28)18-12-8-10-16-9-6-7-11-17(16)18/h4-12H,1-2,13-15H2,3H3,(H,23,28)/t22-/m1/s1. The molecule has 1 aliphatic heterocycles. The largest absolute Gasteiger partial charge is 0.334 e. The maximum Gasteiger partial charge on any atom is 0.325 e. The Morgan fingerprint density at radius 1 is 1.11 bits per heavy atom. The van der Waals surface area contributed by atoms with E-state index in [2.05, 4.69) is 18.5 Å². The normalized spacial score (nSPS) is 18.8. The van der Waals surface area contributed by atoms with Gasteiger partial charge >= 0.3 is 6.03 Å². The highest BCUT2D eigenvalue weighted by molar-refractivity contribution is 6.10. The van der Waals surface area contributed by atoms with E-state index in [1.807, 2.05) is 42.5 Å². The molecule has 1 atom stereocenters. The first-order valence-electron chi connectivity index (χ1n) is 9.04. The Morgan fingerprint density at radius 2 is 1.75 bits per heavy atom. The summed E-state index contributed by atoms with van der Waals surface area (Å²) in [4.78, 5) is 40.8. The molecule has 0 aliphatic carbocycles. The Hall–Kier alpha value is -3.41. The molecule has 6 nitrogen and oxygen atoms in total. The molecule has 0 aromatic heterocycles. The number of amides is 4. The van der Waals surface area contributed by atoms with E-state index in [0.29, 0.717) is 18.7 Å². The van der Waals surface area contributed by atoms with Crippen LogP contribution >= 0.6 is 0 Å². The molecule has 4 amide bonds. The van der Waals surface area contributed by atoms with Gasteiger partial charge in [-0.3, -0.25) is 14.5 Å². The summed E-state index contributed by atoms with van der Waals surface area (Å²) in [6, 6.07) is 12.7. The van der Waals surface area contributed by atoms with Gasteiger partial charge < -0.3 is 10.2 Å². The minimum atomic E-state index is -1.24. The van der Waals surface area contributed by atoms with Gasteiger partial charge in [-0.1, -0.05) is 54.6 Å². The van der Waals surface area contributed by atoms with Gasteiger partial charge in [0.25, 0.3) is 5.91 Å². The molecule has 3 rings (SSSR count). The van der Waals surface area contributed by atoms with Gasteiger partial charge in [0.1, 0.15) is 12.1 Å².